The van der Waals surface area contributed by atoms with Crippen molar-refractivity contribution >= 4 is 35.8 Å². The zero-order valence-electron chi connectivity index (χ0n) is 13.4. The number of amides is 1. The molecule has 0 saturated heterocycles. The van der Waals surface area contributed by atoms with Crippen LogP contribution < -0.4 is 10.6 Å². The minimum Gasteiger partial charge on any atom is -0.325 e. The van der Waals surface area contributed by atoms with E-state index in [-0.39, 0.29) is 23.6 Å². The van der Waals surface area contributed by atoms with Gasteiger partial charge in [-0.15, -0.1) is 24.2 Å². The molecule has 0 aromatic heterocycles. The van der Waals surface area contributed by atoms with Crippen LogP contribution in [0.1, 0.15) is 23.3 Å². The minimum atomic E-state index is -0.196. The molecule has 0 radical (unpaired) electrons. The van der Waals surface area contributed by atoms with Crippen LogP contribution in [0.3, 0.4) is 0 Å². The van der Waals surface area contributed by atoms with E-state index < -0.39 is 0 Å². The van der Waals surface area contributed by atoms with Crippen molar-refractivity contribution in [2.45, 2.75) is 18.7 Å². The van der Waals surface area contributed by atoms with E-state index >= 15 is 0 Å². The van der Waals surface area contributed by atoms with Crippen LogP contribution in [0.5, 0.6) is 0 Å². The molecule has 0 spiro atoms. The molecular formula is C18H23ClN2OS. The average molecular weight is 351 g/mol. The topological polar surface area (TPSA) is 41.1 Å². The largest absolute Gasteiger partial charge is 0.325 e. The highest BCUT2D eigenvalue weighted by atomic mass is 35.5. The zero-order valence-corrected chi connectivity index (χ0v) is 15.0. The number of thioether (sulfide) groups is 1. The van der Waals surface area contributed by atoms with Crippen molar-refractivity contribution in [3.05, 3.63) is 65.7 Å². The average Bonchev–Trinajstić information content (AvgIpc) is 2.55. The Morgan fingerprint density at radius 1 is 1.13 bits per heavy atom. The van der Waals surface area contributed by atoms with Crippen molar-refractivity contribution in [1.29, 1.82) is 0 Å². The summed E-state index contributed by atoms with van der Waals surface area (Å²) in [5.41, 5.74) is 3.03. The molecule has 1 atom stereocenters. The van der Waals surface area contributed by atoms with E-state index in [4.69, 9.17) is 0 Å². The van der Waals surface area contributed by atoms with Gasteiger partial charge < -0.3 is 10.6 Å². The highest BCUT2D eigenvalue weighted by Crippen LogP contribution is 2.28. The van der Waals surface area contributed by atoms with E-state index in [1.54, 1.807) is 11.8 Å². The lowest BCUT2D eigenvalue weighted by Crippen LogP contribution is -2.19. The fraction of sp³-hybridized carbons (Fsp3) is 0.278. The van der Waals surface area contributed by atoms with Crippen LogP contribution in [0.4, 0.5) is 5.69 Å². The van der Waals surface area contributed by atoms with E-state index in [1.165, 1.54) is 5.56 Å². The normalized spacial score (nSPS) is 11.4. The maximum atomic E-state index is 12.5. The number of carbonyl (C=O) groups is 1. The number of rotatable bonds is 7. The molecule has 0 fully saturated rings. The number of halogens is 1. The lowest BCUT2D eigenvalue weighted by atomic mass is 10.1. The molecule has 5 heteroatoms. The predicted octanol–water partition coefficient (Wildman–Crippen LogP) is 4.26. The van der Waals surface area contributed by atoms with Gasteiger partial charge in [-0.1, -0.05) is 49.4 Å². The molecule has 0 saturated carbocycles. The summed E-state index contributed by atoms with van der Waals surface area (Å²) in [7, 11) is 0. The van der Waals surface area contributed by atoms with Crippen molar-refractivity contribution in [1.82, 2.24) is 5.32 Å². The molecule has 0 aliphatic rings. The number of hydrogen-bond donors (Lipinski definition) is 2. The quantitative estimate of drug-likeness (QED) is 0.783. The smallest absolute Gasteiger partial charge is 0.241 e. The third-order valence-electron chi connectivity index (χ3n) is 3.35. The minimum absolute atomic E-state index is 0. The molecule has 1 amide bonds. The predicted molar refractivity (Wildman–Crippen MR) is 102 cm³/mol. The highest BCUT2D eigenvalue weighted by Gasteiger charge is 2.19. The standard InChI is InChI=1S/C18H22N2OS.ClH/c1-3-19-13-14-8-7-11-16(12-14)20-18(21)17(22-2)15-9-5-4-6-10-15;/h4-12,17,19H,3,13H2,1-2H3,(H,20,21);1H. The monoisotopic (exact) mass is 350 g/mol. The molecule has 1 unspecified atom stereocenters. The van der Waals surface area contributed by atoms with E-state index in [9.17, 15) is 4.79 Å². The summed E-state index contributed by atoms with van der Waals surface area (Å²) in [5.74, 6) is 0.0132. The SMILES string of the molecule is CCNCc1cccc(NC(=O)C(SC)c2ccccc2)c1.Cl. The fourth-order valence-corrected chi connectivity index (χ4v) is 2.96. The lowest BCUT2D eigenvalue weighted by Gasteiger charge is -2.15. The number of nitrogens with one attached hydrogen (secondary N) is 2. The van der Waals surface area contributed by atoms with Crippen LogP contribution in [-0.4, -0.2) is 18.7 Å². The van der Waals surface area contributed by atoms with Crippen molar-refractivity contribution in [2.75, 3.05) is 18.1 Å². The summed E-state index contributed by atoms with van der Waals surface area (Å²) in [6.45, 7) is 3.82. The summed E-state index contributed by atoms with van der Waals surface area (Å²) >= 11 is 1.54. The first kappa shape index (κ1) is 19.6. The van der Waals surface area contributed by atoms with E-state index in [0.29, 0.717) is 0 Å². The van der Waals surface area contributed by atoms with Gasteiger partial charge in [0.05, 0.1) is 0 Å². The van der Waals surface area contributed by atoms with Crippen molar-refractivity contribution in [2.24, 2.45) is 0 Å². The Balaban J connectivity index is 0.00000264. The molecule has 0 heterocycles. The second kappa shape index (κ2) is 10.3. The van der Waals surface area contributed by atoms with Crippen molar-refractivity contribution in [3.8, 4) is 0 Å². The molecule has 0 aliphatic carbocycles. The lowest BCUT2D eigenvalue weighted by molar-refractivity contribution is -0.115. The second-order valence-corrected chi connectivity index (χ2v) is 5.94. The maximum absolute atomic E-state index is 12.5. The Kier molecular flexibility index (Phi) is 8.77. The first-order chi connectivity index (χ1) is 10.7. The van der Waals surface area contributed by atoms with Gasteiger partial charge in [0.25, 0.3) is 0 Å². The number of carbonyl (C=O) groups excluding carboxylic acids is 1. The summed E-state index contributed by atoms with van der Waals surface area (Å²) in [6.07, 6.45) is 1.96. The molecular weight excluding hydrogens is 328 g/mol. The number of anilines is 1. The van der Waals surface area contributed by atoms with Crippen LogP contribution in [0, 0.1) is 0 Å². The Labute approximate surface area is 148 Å². The fourth-order valence-electron chi connectivity index (χ4n) is 2.26. The molecule has 124 valence electrons. The van der Waals surface area contributed by atoms with Crippen LogP contribution >= 0.6 is 24.2 Å². The Hall–Kier alpha value is -1.49. The summed E-state index contributed by atoms with van der Waals surface area (Å²) in [4.78, 5) is 12.5. The Morgan fingerprint density at radius 3 is 2.52 bits per heavy atom. The van der Waals surface area contributed by atoms with Crippen LogP contribution in [0.15, 0.2) is 54.6 Å². The molecule has 0 bridgehead atoms. The van der Waals surface area contributed by atoms with Crippen LogP contribution in [0.2, 0.25) is 0 Å². The number of benzene rings is 2. The molecule has 2 rings (SSSR count). The number of hydrogen-bond acceptors (Lipinski definition) is 3. The van der Waals surface area contributed by atoms with E-state index in [1.807, 2.05) is 54.8 Å². The molecule has 23 heavy (non-hydrogen) atoms. The second-order valence-electron chi connectivity index (χ2n) is 5.00. The van der Waals surface area contributed by atoms with Crippen molar-refractivity contribution < 1.29 is 4.79 Å². The highest BCUT2D eigenvalue weighted by molar-refractivity contribution is 7.99. The summed E-state index contributed by atoms with van der Waals surface area (Å²) in [6, 6.07) is 17.8. The molecule has 2 aromatic rings. The first-order valence-corrected chi connectivity index (χ1v) is 8.71. The van der Waals surface area contributed by atoms with Gasteiger partial charge in [-0.2, -0.15) is 0 Å². The van der Waals surface area contributed by atoms with Crippen LogP contribution in [-0.2, 0) is 11.3 Å². The maximum Gasteiger partial charge on any atom is 0.241 e. The van der Waals surface area contributed by atoms with Gasteiger partial charge in [0.2, 0.25) is 5.91 Å². The first-order valence-electron chi connectivity index (χ1n) is 7.43. The summed E-state index contributed by atoms with van der Waals surface area (Å²) < 4.78 is 0. The Bertz CT molecular complexity index is 607. The van der Waals surface area contributed by atoms with Gasteiger partial charge in [0.15, 0.2) is 0 Å². The third kappa shape index (κ3) is 5.90. The van der Waals surface area contributed by atoms with Crippen molar-refractivity contribution in [3.63, 3.8) is 0 Å². The molecule has 2 aromatic carbocycles. The van der Waals surface area contributed by atoms with Gasteiger partial charge in [-0.25, -0.2) is 0 Å². The molecule has 0 aliphatic heterocycles. The molecule has 2 N–H and O–H groups in total. The van der Waals surface area contributed by atoms with Gasteiger partial charge in [0.1, 0.15) is 5.25 Å². The van der Waals surface area contributed by atoms with Gasteiger partial charge in [-0.05, 0) is 36.1 Å². The van der Waals surface area contributed by atoms with E-state index in [0.717, 1.165) is 24.3 Å². The zero-order chi connectivity index (χ0) is 15.8. The van der Waals surface area contributed by atoms with E-state index in [2.05, 4.69) is 23.6 Å². The third-order valence-corrected chi connectivity index (χ3v) is 4.31. The summed E-state index contributed by atoms with van der Waals surface area (Å²) in [5, 5.41) is 6.11. The van der Waals surface area contributed by atoms with Crippen LogP contribution in [0.25, 0.3) is 0 Å². The molecule has 3 nitrogen and oxygen atoms in total. The van der Waals surface area contributed by atoms with Gasteiger partial charge in [0, 0.05) is 12.2 Å². The van der Waals surface area contributed by atoms with Gasteiger partial charge in [-0.3, -0.25) is 4.79 Å². The Morgan fingerprint density at radius 2 is 1.87 bits per heavy atom. The van der Waals surface area contributed by atoms with Gasteiger partial charge >= 0.3 is 0 Å².